The van der Waals surface area contributed by atoms with Crippen molar-refractivity contribution in [3.63, 3.8) is 0 Å². The Labute approximate surface area is 234 Å². The summed E-state index contributed by atoms with van der Waals surface area (Å²) in [7, 11) is 0. The van der Waals surface area contributed by atoms with Crippen molar-refractivity contribution < 1.29 is 33.6 Å². The van der Waals surface area contributed by atoms with Gasteiger partial charge in [-0.2, -0.15) is 0 Å². The Morgan fingerprint density at radius 3 is 2.27 bits per heavy atom. The van der Waals surface area contributed by atoms with E-state index in [1.807, 2.05) is 6.07 Å². The predicted molar refractivity (Wildman–Crippen MR) is 149 cm³/mol. The standard InChI is InChI=1S/C32H36N3O5/c1-3-8-34-9-12-35(13-10-34,14-11-34)18-20-4-6-22-25-16-21(5-7-23(25)30(37)26(22)15-20)24-17-27-28(19(2)36)31(38)33(27)29(24)32(39)40/h4-7,15-16,19,27-28,36H,3,8-14,17-18H2,1-2H3/q+1/p+1/t19-,27-,28-,34?,35?/m1/s1. The molecule has 3 atom stereocenters. The summed E-state index contributed by atoms with van der Waals surface area (Å²) in [6.07, 6.45) is 0.781. The Balaban J connectivity index is 1.18. The van der Waals surface area contributed by atoms with Gasteiger partial charge in [-0.1, -0.05) is 25.1 Å². The quantitative estimate of drug-likeness (QED) is 0.353. The van der Waals surface area contributed by atoms with Crippen LogP contribution in [0, 0.1) is 5.92 Å². The van der Waals surface area contributed by atoms with E-state index in [1.165, 1.54) is 67.2 Å². The number of quaternary nitrogens is 2. The molecule has 2 aromatic carbocycles. The molecule has 8 nitrogen and oxygen atoms in total. The largest absolute Gasteiger partial charge is 0.477 e. The van der Waals surface area contributed by atoms with Crippen LogP contribution in [0.2, 0.25) is 0 Å². The van der Waals surface area contributed by atoms with E-state index in [0.29, 0.717) is 23.1 Å². The van der Waals surface area contributed by atoms with Gasteiger partial charge in [0.1, 0.15) is 51.5 Å². The highest BCUT2D eigenvalue weighted by molar-refractivity contribution is 6.22. The van der Waals surface area contributed by atoms with E-state index in [0.717, 1.165) is 27.7 Å². The summed E-state index contributed by atoms with van der Waals surface area (Å²) in [4.78, 5) is 39.7. The van der Waals surface area contributed by atoms with Gasteiger partial charge in [0.2, 0.25) is 5.91 Å². The molecule has 8 rings (SSSR count). The second kappa shape index (κ2) is 8.83. The number of β-lactam (4-membered cyclic amide) rings is 1. The third-order valence-electron chi connectivity index (χ3n) is 10.5. The van der Waals surface area contributed by atoms with Crippen LogP contribution in [0.1, 0.15) is 53.7 Å². The number of hydrogen-bond acceptors (Lipinski definition) is 4. The van der Waals surface area contributed by atoms with Gasteiger partial charge >= 0.3 is 5.97 Å². The van der Waals surface area contributed by atoms with Crippen LogP contribution in [0.4, 0.5) is 0 Å². The number of ketones is 1. The Hall–Kier alpha value is -3.33. The molecule has 6 aliphatic rings. The van der Waals surface area contributed by atoms with Gasteiger partial charge in [0, 0.05) is 16.7 Å². The fourth-order valence-corrected chi connectivity index (χ4v) is 8.32. The molecule has 0 aromatic heterocycles. The Morgan fingerprint density at radius 2 is 1.62 bits per heavy atom. The molecule has 5 heterocycles. The smallest absolute Gasteiger partial charge is 0.352 e. The number of carbonyl (C=O) groups is 3. The minimum Gasteiger partial charge on any atom is -0.477 e. The lowest BCUT2D eigenvalue weighted by molar-refractivity contribution is -1.09. The normalized spacial score (nSPS) is 30.7. The van der Waals surface area contributed by atoms with Gasteiger partial charge in [-0.15, -0.1) is 0 Å². The number of aliphatic hydroxyl groups is 1. The number of piperazine rings is 3. The number of carboxylic acid groups (broad SMARTS) is 1. The maximum absolute atomic E-state index is 13.5. The average molecular weight is 544 g/mol. The van der Waals surface area contributed by atoms with Crippen LogP contribution in [0.3, 0.4) is 0 Å². The van der Waals surface area contributed by atoms with Crippen LogP contribution >= 0.6 is 0 Å². The predicted octanol–water partition coefficient (Wildman–Crippen LogP) is 2.88. The minimum absolute atomic E-state index is 0.00897. The summed E-state index contributed by atoms with van der Waals surface area (Å²) in [5.74, 6) is -2.06. The number of fused-ring (bicyclic) bond motifs is 7. The molecule has 1 aliphatic carbocycles. The van der Waals surface area contributed by atoms with Gasteiger partial charge in [-0.05, 0) is 60.2 Å². The Morgan fingerprint density at radius 1 is 0.950 bits per heavy atom. The lowest BCUT2D eigenvalue weighted by Crippen LogP contribution is -2.74. The van der Waals surface area contributed by atoms with E-state index in [4.69, 9.17) is 0 Å². The molecule has 2 N–H and O–H groups in total. The number of hydrogen-bond donors (Lipinski definition) is 2. The average Bonchev–Trinajstić information content (AvgIpc) is 3.42. The van der Waals surface area contributed by atoms with E-state index >= 15 is 0 Å². The summed E-state index contributed by atoms with van der Waals surface area (Å²) in [6, 6.07) is 11.5. The molecule has 208 valence electrons. The monoisotopic (exact) mass is 543 g/mol. The first-order valence-electron chi connectivity index (χ1n) is 14.7. The fourth-order valence-electron chi connectivity index (χ4n) is 8.32. The first-order chi connectivity index (χ1) is 19.2. The van der Waals surface area contributed by atoms with Crippen molar-refractivity contribution in [2.75, 3.05) is 45.8 Å². The Bertz CT molecular complexity index is 1480. The number of nitrogens with zero attached hydrogens (tertiary/aromatic N) is 3. The number of carboxylic acids is 1. The second-order valence-electron chi connectivity index (χ2n) is 12.8. The third-order valence-corrected chi connectivity index (χ3v) is 10.5. The molecule has 0 unspecified atom stereocenters. The number of rotatable bonds is 7. The number of amides is 1. The van der Waals surface area contributed by atoms with Gasteiger partial charge in [0.15, 0.2) is 5.78 Å². The Kier molecular flexibility index (Phi) is 5.66. The van der Waals surface area contributed by atoms with Crippen molar-refractivity contribution in [3.05, 3.63) is 64.3 Å². The molecule has 8 heteroatoms. The number of aliphatic hydroxyl groups excluding tert-OH is 1. The van der Waals surface area contributed by atoms with Crippen molar-refractivity contribution in [3.8, 4) is 11.1 Å². The minimum atomic E-state index is -1.15. The molecular weight excluding hydrogens is 506 g/mol. The lowest BCUT2D eigenvalue weighted by Gasteiger charge is -2.55. The third kappa shape index (κ3) is 3.59. The SMILES string of the molecule is CCC[N+]12CC[N+](Cc3ccc4c(c3)C(=O)c3ccc(C5=C(C(=O)O)N6C(=O)[C@H]([C@@H](C)O)[C@H]6C5)cc3-4)(CC1)CC2. The molecule has 1 amide bonds. The van der Waals surface area contributed by atoms with Gasteiger partial charge in [0.25, 0.3) is 0 Å². The van der Waals surface area contributed by atoms with Crippen LogP contribution in [0.15, 0.2) is 42.1 Å². The van der Waals surface area contributed by atoms with Gasteiger partial charge in [0.05, 0.1) is 24.6 Å². The fraction of sp³-hybridized carbons (Fsp3) is 0.469. The molecule has 2 bridgehead atoms. The maximum atomic E-state index is 13.5. The summed E-state index contributed by atoms with van der Waals surface area (Å²) in [5.41, 5.74) is 5.55. The van der Waals surface area contributed by atoms with E-state index in [2.05, 4.69) is 25.1 Å². The van der Waals surface area contributed by atoms with E-state index < -0.39 is 18.0 Å². The summed E-state index contributed by atoms with van der Waals surface area (Å²) >= 11 is 0. The molecule has 0 radical (unpaired) electrons. The van der Waals surface area contributed by atoms with Crippen LogP contribution in [-0.2, 0) is 16.1 Å². The first-order valence-corrected chi connectivity index (χ1v) is 14.7. The highest BCUT2D eigenvalue weighted by Crippen LogP contribution is 2.48. The van der Waals surface area contributed by atoms with Crippen molar-refractivity contribution in [2.45, 2.75) is 45.4 Å². The highest BCUT2D eigenvalue weighted by atomic mass is 16.4. The summed E-state index contributed by atoms with van der Waals surface area (Å²) in [5, 5.41) is 20.1. The zero-order chi connectivity index (χ0) is 28.0. The van der Waals surface area contributed by atoms with Crippen LogP contribution < -0.4 is 0 Å². The maximum Gasteiger partial charge on any atom is 0.352 e. The summed E-state index contributed by atoms with van der Waals surface area (Å²) < 4.78 is 2.40. The second-order valence-corrected chi connectivity index (χ2v) is 12.8. The summed E-state index contributed by atoms with van der Waals surface area (Å²) in [6.45, 7) is 13.5. The molecule has 4 fully saturated rings. The van der Waals surface area contributed by atoms with E-state index in [-0.39, 0.29) is 23.4 Å². The number of aliphatic carboxylic acids is 1. The first kappa shape index (κ1) is 25.6. The van der Waals surface area contributed by atoms with Crippen LogP contribution in [0.5, 0.6) is 0 Å². The molecule has 5 aliphatic heterocycles. The van der Waals surface area contributed by atoms with Crippen molar-refractivity contribution >= 4 is 23.2 Å². The topological polar surface area (TPSA) is 94.9 Å². The molecule has 4 saturated heterocycles. The lowest BCUT2D eigenvalue weighted by atomic mass is 9.82. The van der Waals surface area contributed by atoms with Crippen molar-refractivity contribution in [2.24, 2.45) is 5.92 Å². The highest BCUT2D eigenvalue weighted by Gasteiger charge is 2.57. The molecule has 40 heavy (non-hydrogen) atoms. The molecule has 0 spiro atoms. The molecule has 0 saturated carbocycles. The number of carbonyl (C=O) groups excluding carboxylic acids is 2. The van der Waals surface area contributed by atoms with Gasteiger partial charge in [-0.3, -0.25) is 9.59 Å². The molecule has 2 aromatic rings. The van der Waals surface area contributed by atoms with Crippen molar-refractivity contribution in [1.29, 1.82) is 0 Å². The van der Waals surface area contributed by atoms with Crippen LogP contribution in [-0.4, -0.2) is 99.7 Å². The van der Waals surface area contributed by atoms with Crippen LogP contribution in [0.25, 0.3) is 16.7 Å². The van der Waals surface area contributed by atoms with E-state index in [1.54, 1.807) is 19.1 Å². The zero-order valence-corrected chi connectivity index (χ0v) is 23.2. The van der Waals surface area contributed by atoms with E-state index in [9.17, 15) is 24.6 Å². The number of benzene rings is 2. The van der Waals surface area contributed by atoms with Crippen molar-refractivity contribution in [1.82, 2.24) is 4.90 Å². The van der Waals surface area contributed by atoms with Gasteiger partial charge in [-0.25, -0.2) is 4.79 Å². The molecular formula is C32H37N3O5+2. The van der Waals surface area contributed by atoms with Gasteiger partial charge < -0.3 is 24.1 Å². The zero-order valence-electron chi connectivity index (χ0n) is 23.2.